The molecule has 3 N–H and O–H groups in total. The fourth-order valence-corrected chi connectivity index (χ4v) is 2.52. The zero-order valence-electron chi connectivity index (χ0n) is 11.0. The van der Waals surface area contributed by atoms with Gasteiger partial charge in [-0.1, -0.05) is 45.7 Å². The number of hydrogen-bond acceptors (Lipinski definition) is 2. The third kappa shape index (κ3) is 3.58. The Kier molecular flexibility index (Phi) is 5.16. The highest BCUT2D eigenvalue weighted by Crippen LogP contribution is 2.25. The average molecular weight is 358 g/mol. The van der Waals surface area contributed by atoms with Gasteiger partial charge in [0.1, 0.15) is 5.82 Å². The van der Waals surface area contributed by atoms with E-state index in [1.165, 1.54) is 6.07 Å². The minimum absolute atomic E-state index is 0.165. The van der Waals surface area contributed by atoms with Gasteiger partial charge in [0, 0.05) is 9.50 Å². The summed E-state index contributed by atoms with van der Waals surface area (Å²) in [6.45, 7) is 1.93. The lowest BCUT2D eigenvalue weighted by Crippen LogP contribution is -2.29. The van der Waals surface area contributed by atoms with Gasteiger partial charge in [0.2, 0.25) is 0 Å². The van der Waals surface area contributed by atoms with Crippen LogP contribution in [0, 0.1) is 12.7 Å². The first kappa shape index (κ1) is 15.4. The van der Waals surface area contributed by atoms with Crippen molar-refractivity contribution in [3.05, 3.63) is 68.4 Å². The third-order valence-electron chi connectivity index (χ3n) is 3.22. The maximum Gasteiger partial charge on any atom is 0.127 e. The van der Waals surface area contributed by atoms with E-state index in [2.05, 4.69) is 21.4 Å². The Hall–Kier alpha value is -0.940. The summed E-state index contributed by atoms with van der Waals surface area (Å²) in [4.78, 5) is 0. The molecule has 0 bridgehead atoms. The quantitative estimate of drug-likeness (QED) is 0.632. The van der Waals surface area contributed by atoms with Crippen molar-refractivity contribution < 1.29 is 4.39 Å². The summed E-state index contributed by atoms with van der Waals surface area (Å²) in [7, 11) is 0. The van der Waals surface area contributed by atoms with Crippen molar-refractivity contribution in [3.63, 3.8) is 0 Å². The molecular weight excluding hydrogens is 343 g/mol. The van der Waals surface area contributed by atoms with Crippen LogP contribution >= 0.6 is 27.5 Å². The van der Waals surface area contributed by atoms with Gasteiger partial charge in [0.15, 0.2) is 0 Å². The van der Waals surface area contributed by atoms with E-state index in [0.29, 0.717) is 17.0 Å². The first-order valence-corrected chi connectivity index (χ1v) is 7.34. The largest absolute Gasteiger partial charge is 0.271 e. The molecule has 0 saturated carbocycles. The van der Waals surface area contributed by atoms with Gasteiger partial charge < -0.3 is 0 Å². The van der Waals surface area contributed by atoms with Crippen LogP contribution in [0.15, 0.2) is 40.9 Å². The molecule has 0 fully saturated rings. The van der Waals surface area contributed by atoms with Gasteiger partial charge >= 0.3 is 0 Å². The number of benzene rings is 2. The molecule has 5 heteroatoms. The molecule has 1 unspecified atom stereocenters. The summed E-state index contributed by atoms with van der Waals surface area (Å²) in [5.41, 5.74) is 5.30. The van der Waals surface area contributed by atoms with Crippen molar-refractivity contribution in [2.24, 2.45) is 5.84 Å². The SMILES string of the molecule is Cc1cc(C(Cc2ccc(Br)cc2F)NN)ccc1Cl. The van der Waals surface area contributed by atoms with Gasteiger partial charge in [-0.3, -0.25) is 11.3 Å². The van der Waals surface area contributed by atoms with Crippen LogP contribution in [0.5, 0.6) is 0 Å². The lowest BCUT2D eigenvalue weighted by atomic mass is 9.98. The van der Waals surface area contributed by atoms with Crippen LogP contribution in [0.3, 0.4) is 0 Å². The fourth-order valence-electron chi connectivity index (χ4n) is 2.06. The van der Waals surface area contributed by atoms with E-state index in [-0.39, 0.29) is 11.9 Å². The lowest BCUT2D eigenvalue weighted by molar-refractivity contribution is 0.528. The van der Waals surface area contributed by atoms with Gasteiger partial charge in [0.05, 0.1) is 6.04 Å². The van der Waals surface area contributed by atoms with Crippen LogP contribution in [-0.4, -0.2) is 0 Å². The summed E-state index contributed by atoms with van der Waals surface area (Å²) >= 11 is 9.26. The fraction of sp³-hybridized carbons (Fsp3) is 0.200. The Labute approximate surface area is 131 Å². The van der Waals surface area contributed by atoms with Crippen LogP contribution in [0.1, 0.15) is 22.7 Å². The molecule has 0 saturated heterocycles. The van der Waals surface area contributed by atoms with Crippen molar-refractivity contribution in [1.82, 2.24) is 5.43 Å². The van der Waals surface area contributed by atoms with E-state index in [1.807, 2.05) is 31.2 Å². The Morgan fingerprint density at radius 3 is 2.65 bits per heavy atom. The summed E-state index contributed by atoms with van der Waals surface area (Å²) in [6.07, 6.45) is 0.469. The molecule has 0 radical (unpaired) electrons. The Morgan fingerprint density at radius 2 is 2.05 bits per heavy atom. The van der Waals surface area contributed by atoms with Crippen LogP contribution in [-0.2, 0) is 6.42 Å². The highest BCUT2D eigenvalue weighted by molar-refractivity contribution is 9.10. The maximum absolute atomic E-state index is 13.9. The second-order valence-electron chi connectivity index (χ2n) is 4.67. The number of hydrogen-bond donors (Lipinski definition) is 2. The molecular formula is C15H15BrClFN2. The molecule has 0 aliphatic rings. The molecule has 2 aromatic carbocycles. The minimum atomic E-state index is -0.245. The van der Waals surface area contributed by atoms with E-state index < -0.39 is 0 Å². The molecule has 0 amide bonds. The number of nitrogens with one attached hydrogen (secondary N) is 1. The number of hydrazine groups is 1. The summed E-state index contributed by atoms with van der Waals surface area (Å²) in [5.74, 6) is 5.36. The molecule has 0 aromatic heterocycles. The molecule has 106 valence electrons. The Balaban J connectivity index is 2.26. The highest BCUT2D eigenvalue weighted by Gasteiger charge is 2.14. The number of nitrogens with two attached hydrogens (primary N) is 1. The zero-order chi connectivity index (χ0) is 14.7. The summed E-state index contributed by atoms with van der Waals surface area (Å²) < 4.78 is 14.6. The van der Waals surface area contributed by atoms with Gasteiger partial charge in [-0.15, -0.1) is 0 Å². The van der Waals surface area contributed by atoms with E-state index in [4.69, 9.17) is 17.4 Å². The molecule has 0 spiro atoms. The van der Waals surface area contributed by atoms with Crippen molar-refractivity contribution in [2.75, 3.05) is 0 Å². The molecule has 0 aliphatic carbocycles. The lowest BCUT2D eigenvalue weighted by Gasteiger charge is -2.18. The maximum atomic E-state index is 13.9. The molecule has 2 rings (SSSR count). The van der Waals surface area contributed by atoms with E-state index in [9.17, 15) is 4.39 Å². The number of halogens is 3. The predicted octanol–water partition coefficient (Wildman–Crippen LogP) is 4.30. The third-order valence-corrected chi connectivity index (χ3v) is 4.14. The zero-order valence-corrected chi connectivity index (χ0v) is 13.3. The Bertz CT molecular complexity index is 619. The molecule has 2 aromatic rings. The van der Waals surface area contributed by atoms with Crippen molar-refractivity contribution >= 4 is 27.5 Å². The van der Waals surface area contributed by atoms with Crippen LogP contribution in [0.2, 0.25) is 5.02 Å². The van der Waals surface area contributed by atoms with E-state index in [1.54, 1.807) is 6.07 Å². The molecule has 2 nitrogen and oxygen atoms in total. The van der Waals surface area contributed by atoms with Gasteiger partial charge in [-0.2, -0.15) is 0 Å². The molecule has 0 aliphatic heterocycles. The topological polar surface area (TPSA) is 38.0 Å². The monoisotopic (exact) mass is 356 g/mol. The van der Waals surface area contributed by atoms with Gasteiger partial charge in [-0.25, -0.2) is 4.39 Å². The molecule has 1 atom stereocenters. The second kappa shape index (κ2) is 6.68. The minimum Gasteiger partial charge on any atom is -0.271 e. The normalized spacial score (nSPS) is 12.4. The summed E-state index contributed by atoms with van der Waals surface area (Å²) in [5, 5.41) is 0.708. The average Bonchev–Trinajstić information content (AvgIpc) is 2.41. The van der Waals surface area contributed by atoms with Gasteiger partial charge in [-0.05, 0) is 48.2 Å². The van der Waals surface area contributed by atoms with Crippen molar-refractivity contribution in [3.8, 4) is 0 Å². The van der Waals surface area contributed by atoms with Crippen LogP contribution in [0.4, 0.5) is 4.39 Å². The predicted molar refractivity (Wildman–Crippen MR) is 84.1 cm³/mol. The number of aryl methyl sites for hydroxylation is 1. The number of rotatable bonds is 4. The summed E-state index contributed by atoms with van der Waals surface area (Å²) in [6, 6.07) is 10.6. The van der Waals surface area contributed by atoms with Crippen LogP contribution in [0.25, 0.3) is 0 Å². The molecule has 0 heterocycles. The standard InChI is InChI=1S/C15H15BrClFN2/c1-9-6-11(3-5-13(9)17)15(20-19)7-10-2-4-12(16)8-14(10)18/h2-6,8,15,20H,7,19H2,1H3. The van der Waals surface area contributed by atoms with Crippen molar-refractivity contribution in [2.45, 2.75) is 19.4 Å². The smallest absolute Gasteiger partial charge is 0.127 e. The molecule has 20 heavy (non-hydrogen) atoms. The van der Waals surface area contributed by atoms with Crippen molar-refractivity contribution in [1.29, 1.82) is 0 Å². The van der Waals surface area contributed by atoms with E-state index >= 15 is 0 Å². The first-order chi connectivity index (χ1) is 9.51. The Morgan fingerprint density at radius 1 is 1.30 bits per heavy atom. The van der Waals surface area contributed by atoms with Crippen LogP contribution < -0.4 is 11.3 Å². The first-order valence-electron chi connectivity index (χ1n) is 6.17. The van der Waals surface area contributed by atoms with E-state index in [0.717, 1.165) is 15.6 Å². The second-order valence-corrected chi connectivity index (χ2v) is 5.99. The highest BCUT2D eigenvalue weighted by atomic mass is 79.9. The van der Waals surface area contributed by atoms with Gasteiger partial charge in [0.25, 0.3) is 0 Å².